The van der Waals surface area contributed by atoms with E-state index >= 15 is 0 Å². The van der Waals surface area contributed by atoms with Crippen LogP contribution in [0.5, 0.6) is 0 Å². The fraction of sp³-hybridized carbons (Fsp3) is 0.750. The van der Waals surface area contributed by atoms with Gasteiger partial charge in [-0.25, -0.2) is 4.98 Å². The molecular weight excluding hydrogens is 166 g/mol. The minimum atomic E-state index is 0.386. The van der Waals surface area contributed by atoms with Gasteiger partial charge in [0.05, 0.1) is 5.92 Å². The van der Waals surface area contributed by atoms with Crippen molar-refractivity contribution in [3.8, 4) is 0 Å². The zero-order chi connectivity index (χ0) is 9.26. The maximum atomic E-state index is 4.41. The van der Waals surface area contributed by atoms with Crippen molar-refractivity contribution < 1.29 is 0 Å². The zero-order valence-electron chi connectivity index (χ0n) is 7.96. The van der Waals surface area contributed by atoms with Gasteiger partial charge in [0.25, 0.3) is 0 Å². The second kappa shape index (κ2) is 3.43. The first kappa shape index (κ1) is 8.65. The van der Waals surface area contributed by atoms with Crippen LogP contribution in [0, 0.1) is 0 Å². The average molecular weight is 181 g/mol. The Morgan fingerprint density at radius 2 is 2.38 bits per heavy atom. The van der Waals surface area contributed by atoms with E-state index in [-0.39, 0.29) is 0 Å². The Hall–Kier alpha value is -0.940. The number of aromatic amines is 1. The molecular formula is C8H15N5. The molecule has 2 atom stereocenters. The summed E-state index contributed by atoms with van der Waals surface area (Å²) in [7, 11) is 0. The Morgan fingerprint density at radius 3 is 2.92 bits per heavy atom. The van der Waals surface area contributed by atoms with E-state index in [2.05, 4.69) is 39.9 Å². The number of nitrogens with one attached hydrogen (secondary N) is 3. The molecule has 72 valence electrons. The minimum absolute atomic E-state index is 0.386. The van der Waals surface area contributed by atoms with Crippen LogP contribution >= 0.6 is 0 Å². The van der Waals surface area contributed by atoms with Crippen molar-refractivity contribution in [1.29, 1.82) is 0 Å². The first-order valence-electron chi connectivity index (χ1n) is 4.70. The van der Waals surface area contributed by atoms with Crippen molar-refractivity contribution in [2.45, 2.75) is 32.2 Å². The van der Waals surface area contributed by atoms with Crippen molar-refractivity contribution in [3.63, 3.8) is 0 Å². The number of rotatable bonds is 2. The lowest BCUT2D eigenvalue weighted by atomic mass is 10.0. The van der Waals surface area contributed by atoms with Gasteiger partial charge in [0.15, 0.2) is 5.82 Å². The van der Waals surface area contributed by atoms with Crippen molar-refractivity contribution in [2.75, 3.05) is 6.54 Å². The molecule has 0 aromatic carbocycles. The summed E-state index contributed by atoms with van der Waals surface area (Å²) < 4.78 is 0. The molecule has 1 aromatic heterocycles. The summed E-state index contributed by atoms with van der Waals surface area (Å²) in [6.45, 7) is 5.10. The fourth-order valence-electron chi connectivity index (χ4n) is 1.56. The third-order valence-electron chi connectivity index (χ3n) is 2.47. The summed E-state index contributed by atoms with van der Waals surface area (Å²) in [5.74, 6) is 2.27. The molecule has 5 nitrogen and oxygen atoms in total. The number of hydrogen-bond donors (Lipinski definition) is 3. The van der Waals surface area contributed by atoms with E-state index < -0.39 is 0 Å². The van der Waals surface area contributed by atoms with E-state index in [1.165, 1.54) is 0 Å². The highest BCUT2D eigenvalue weighted by Crippen LogP contribution is 2.17. The van der Waals surface area contributed by atoms with Crippen LogP contribution in [0.1, 0.15) is 31.4 Å². The molecule has 1 saturated heterocycles. The molecule has 1 aliphatic rings. The number of aryl methyl sites for hydroxylation is 1. The van der Waals surface area contributed by atoms with Gasteiger partial charge in [0, 0.05) is 19.0 Å². The lowest BCUT2D eigenvalue weighted by Gasteiger charge is -2.08. The summed E-state index contributed by atoms with van der Waals surface area (Å²) in [4.78, 5) is 4.41. The van der Waals surface area contributed by atoms with Crippen LogP contribution in [0.25, 0.3) is 0 Å². The fourth-order valence-corrected chi connectivity index (χ4v) is 1.56. The third kappa shape index (κ3) is 1.57. The second-order valence-electron chi connectivity index (χ2n) is 3.41. The molecule has 0 amide bonds. The highest BCUT2D eigenvalue weighted by atomic mass is 15.4. The number of aromatic nitrogens is 3. The Kier molecular flexibility index (Phi) is 2.28. The van der Waals surface area contributed by atoms with Gasteiger partial charge >= 0.3 is 0 Å². The van der Waals surface area contributed by atoms with Gasteiger partial charge in [0.1, 0.15) is 5.82 Å². The van der Waals surface area contributed by atoms with E-state index in [0.717, 1.165) is 24.6 Å². The van der Waals surface area contributed by atoms with E-state index in [0.29, 0.717) is 12.0 Å². The molecule has 1 fully saturated rings. The molecule has 1 aliphatic heterocycles. The Bertz CT molecular complexity index is 282. The SMILES string of the molecule is CCc1nc(C2CNNC2C)n[nH]1. The van der Waals surface area contributed by atoms with Gasteiger partial charge in [0.2, 0.25) is 0 Å². The largest absolute Gasteiger partial charge is 0.263 e. The van der Waals surface area contributed by atoms with Crippen LogP contribution in [0.4, 0.5) is 0 Å². The number of hydrogen-bond acceptors (Lipinski definition) is 4. The molecule has 1 aromatic rings. The van der Waals surface area contributed by atoms with Crippen LogP contribution < -0.4 is 10.9 Å². The molecule has 2 unspecified atom stereocenters. The zero-order valence-corrected chi connectivity index (χ0v) is 7.96. The van der Waals surface area contributed by atoms with Gasteiger partial charge in [-0.05, 0) is 6.92 Å². The summed E-state index contributed by atoms with van der Waals surface area (Å²) >= 11 is 0. The molecule has 2 rings (SSSR count). The number of hydrazine groups is 1. The molecule has 13 heavy (non-hydrogen) atoms. The van der Waals surface area contributed by atoms with Crippen LogP contribution in [-0.2, 0) is 6.42 Å². The van der Waals surface area contributed by atoms with Crippen molar-refractivity contribution in [1.82, 2.24) is 26.0 Å². The van der Waals surface area contributed by atoms with Crippen LogP contribution in [-0.4, -0.2) is 27.8 Å². The minimum Gasteiger partial charge on any atom is -0.263 e. The summed E-state index contributed by atoms with van der Waals surface area (Å²) in [5, 5.41) is 7.14. The normalized spacial score (nSPS) is 28.2. The molecule has 0 saturated carbocycles. The topological polar surface area (TPSA) is 65.6 Å². The summed E-state index contributed by atoms with van der Waals surface area (Å²) in [6, 6.07) is 0.403. The lowest BCUT2D eigenvalue weighted by molar-refractivity contribution is 0.558. The highest BCUT2D eigenvalue weighted by molar-refractivity contribution is 5.04. The Labute approximate surface area is 77.3 Å². The van der Waals surface area contributed by atoms with Gasteiger partial charge in [-0.15, -0.1) is 0 Å². The highest BCUT2D eigenvalue weighted by Gasteiger charge is 2.27. The van der Waals surface area contributed by atoms with Gasteiger partial charge < -0.3 is 0 Å². The van der Waals surface area contributed by atoms with E-state index in [9.17, 15) is 0 Å². The standard InChI is InChI=1S/C8H15N5/c1-3-7-10-8(13-12-7)6-4-9-11-5(6)2/h5-6,9,11H,3-4H2,1-2H3,(H,10,12,13). The molecule has 0 aliphatic carbocycles. The molecule has 0 radical (unpaired) electrons. The van der Waals surface area contributed by atoms with E-state index in [1.807, 2.05) is 0 Å². The predicted octanol–water partition coefficient (Wildman–Crippen LogP) is -0.0530. The van der Waals surface area contributed by atoms with E-state index in [4.69, 9.17) is 0 Å². The first-order chi connectivity index (χ1) is 6.31. The van der Waals surface area contributed by atoms with Crippen LogP contribution in [0.15, 0.2) is 0 Å². The summed E-state index contributed by atoms with van der Waals surface area (Å²) in [5.41, 5.74) is 6.26. The van der Waals surface area contributed by atoms with Crippen molar-refractivity contribution in [3.05, 3.63) is 11.6 Å². The smallest absolute Gasteiger partial charge is 0.156 e. The number of nitrogens with zero attached hydrogens (tertiary/aromatic N) is 2. The first-order valence-corrected chi connectivity index (χ1v) is 4.70. The number of H-pyrrole nitrogens is 1. The molecule has 0 bridgehead atoms. The molecule has 5 heteroatoms. The quantitative estimate of drug-likeness (QED) is 0.598. The maximum absolute atomic E-state index is 4.41. The monoisotopic (exact) mass is 181 g/mol. The van der Waals surface area contributed by atoms with Crippen LogP contribution in [0.3, 0.4) is 0 Å². The Morgan fingerprint density at radius 1 is 1.54 bits per heavy atom. The van der Waals surface area contributed by atoms with Gasteiger partial charge in [-0.1, -0.05) is 6.92 Å². The third-order valence-corrected chi connectivity index (χ3v) is 2.47. The van der Waals surface area contributed by atoms with Gasteiger partial charge in [-0.3, -0.25) is 16.0 Å². The predicted molar refractivity (Wildman–Crippen MR) is 49.1 cm³/mol. The average Bonchev–Trinajstić information content (AvgIpc) is 2.71. The molecule has 2 heterocycles. The lowest BCUT2D eigenvalue weighted by Crippen LogP contribution is -2.28. The van der Waals surface area contributed by atoms with E-state index in [1.54, 1.807) is 0 Å². The van der Waals surface area contributed by atoms with Crippen LogP contribution in [0.2, 0.25) is 0 Å². The van der Waals surface area contributed by atoms with Gasteiger partial charge in [-0.2, -0.15) is 5.10 Å². The second-order valence-corrected chi connectivity index (χ2v) is 3.41. The Balaban J connectivity index is 2.15. The van der Waals surface area contributed by atoms with Crippen molar-refractivity contribution >= 4 is 0 Å². The molecule has 3 N–H and O–H groups in total. The maximum Gasteiger partial charge on any atom is 0.156 e. The van der Waals surface area contributed by atoms with Crippen molar-refractivity contribution in [2.24, 2.45) is 0 Å². The summed E-state index contributed by atoms with van der Waals surface area (Å²) in [6.07, 6.45) is 0.912. The molecule has 0 spiro atoms.